The average Bonchev–Trinajstić information content (AvgIpc) is 3.91. The van der Waals surface area contributed by atoms with Crippen molar-refractivity contribution in [3.8, 4) is 17.2 Å². The molecule has 63 heavy (non-hydrogen) atoms. The lowest BCUT2D eigenvalue weighted by Gasteiger charge is -2.34. The molecule has 0 spiro atoms. The molecule has 1 aliphatic carbocycles. The molecule has 3 aliphatic heterocycles. The van der Waals surface area contributed by atoms with Gasteiger partial charge in [0.15, 0.2) is 11.6 Å². The van der Waals surface area contributed by atoms with Crippen LogP contribution in [-0.4, -0.2) is 76.3 Å². The van der Waals surface area contributed by atoms with Crippen LogP contribution in [0.15, 0.2) is 75.0 Å². The van der Waals surface area contributed by atoms with E-state index in [1.165, 1.54) is 33.7 Å². The minimum absolute atomic E-state index is 0.00239. The van der Waals surface area contributed by atoms with Gasteiger partial charge in [0.1, 0.15) is 22.9 Å². The number of amides is 1. The number of carbonyl (C=O) groups excluding carboxylic acids is 1. The first kappa shape index (κ1) is 39.5. The number of hydrogen-bond donors (Lipinski definition) is 2. The second kappa shape index (κ2) is 14.3. The van der Waals surface area contributed by atoms with Crippen LogP contribution in [0.5, 0.6) is 0 Å². The molecule has 1 saturated heterocycles. The number of halogens is 2. The first-order chi connectivity index (χ1) is 30.3. The van der Waals surface area contributed by atoms with Gasteiger partial charge in [-0.15, -0.1) is 0 Å². The van der Waals surface area contributed by atoms with Gasteiger partial charge in [-0.2, -0.15) is 5.10 Å². The number of aryl methyl sites for hydroxylation is 2. The minimum Gasteiger partial charge on any atom is -0.423 e. The third-order valence-electron chi connectivity index (χ3n) is 13.8. The third-order valence-corrected chi connectivity index (χ3v) is 13.8. The van der Waals surface area contributed by atoms with Crippen molar-refractivity contribution < 1.29 is 32.5 Å². The largest absolute Gasteiger partial charge is 0.491 e. The van der Waals surface area contributed by atoms with Crippen molar-refractivity contribution in [3.63, 3.8) is 0 Å². The zero-order chi connectivity index (χ0) is 43.6. The van der Waals surface area contributed by atoms with Crippen LogP contribution in [0.3, 0.4) is 0 Å². The van der Waals surface area contributed by atoms with Gasteiger partial charge >= 0.3 is 18.6 Å². The number of benzene rings is 3. The SMILES string of the molecule is Cc1cc(-n2nc3c(c2-n2ccn(-c4ccc5c(c4F)COB5O)c2=O)[C@H](C)N(C(=O)c2cc4cc(C5CCOCC5)ccc4n2[C@@]2(c4noc(=O)[nH]4)C[C@@H]2C)CC3)cc(C)c1F. The second-order valence-electron chi connectivity index (χ2n) is 17.4. The fourth-order valence-electron chi connectivity index (χ4n) is 10.4. The lowest BCUT2D eigenvalue weighted by atomic mass is 9.79. The molecule has 18 heteroatoms. The predicted molar refractivity (Wildman–Crippen MR) is 226 cm³/mol. The maximum absolute atomic E-state index is 16.0. The van der Waals surface area contributed by atoms with E-state index in [0.717, 1.165) is 29.3 Å². The van der Waals surface area contributed by atoms with Crippen LogP contribution < -0.4 is 16.9 Å². The number of hydrogen-bond acceptors (Lipinski definition) is 9. The summed E-state index contributed by atoms with van der Waals surface area (Å²) in [6.07, 6.45) is 5.70. The van der Waals surface area contributed by atoms with E-state index < -0.39 is 36.0 Å². The second-order valence-corrected chi connectivity index (χ2v) is 17.4. The van der Waals surface area contributed by atoms with E-state index in [4.69, 9.17) is 19.0 Å². The Labute approximate surface area is 358 Å². The molecular weight excluding hydrogens is 813 g/mol. The molecule has 7 heterocycles. The van der Waals surface area contributed by atoms with Crippen LogP contribution in [0.25, 0.3) is 28.1 Å². The maximum Gasteiger partial charge on any atom is 0.491 e. The van der Waals surface area contributed by atoms with E-state index in [2.05, 4.69) is 29.2 Å². The number of aromatic amines is 1. The number of carbonyl (C=O) groups is 1. The van der Waals surface area contributed by atoms with Crippen molar-refractivity contribution >= 4 is 29.4 Å². The van der Waals surface area contributed by atoms with Crippen LogP contribution >= 0.6 is 0 Å². The van der Waals surface area contributed by atoms with Gasteiger partial charge < -0.3 is 23.9 Å². The molecule has 15 nitrogen and oxygen atoms in total. The van der Waals surface area contributed by atoms with Crippen molar-refractivity contribution in [2.45, 2.75) is 77.5 Å². The predicted octanol–water partition coefficient (Wildman–Crippen LogP) is 4.99. The molecule has 7 aromatic rings. The quantitative estimate of drug-likeness (QED) is 0.210. The highest BCUT2D eigenvalue weighted by atomic mass is 19.1. The third kappa shape index (κ3) is 5.90. The molecule has 0 radical (unpaired) electrons. The summed E-state index contributed by atoms with van der Waals surface area (Å²) in [6.45, 7) is 8.76. The number of ether oxygens (including phenoxy) is 1. The van der Waals surface area contributed by atoms with Crippen LogP contribution in [0.2, 0.25) is 0 Å². The van der Waals surface area contributed by atoms with Gasteiger partial charge in [-0.25, -0.2) is 23.1 Å². The van der Waals surface area contributed by atoms with Gasteiger partial charge in [-0.3, -0.25) is 23.4 Å². The van der Waals surface area contributed by atoms with Crippen LogP contribution in [0.1, 0.15) is 94.9 Å². The number of H-pyrrole nitrogens is 1. The highest BCUT2D eigenvalue weighted by Gasteiger charge is 2.59. The maximum atomic E-state index is 16.0. The lowest BCUT2D eigenvalue weighted by Crippen LogP contribution is -2.41. The van der Waals surface area contributed by atoms with Crippen LogP contribution in [-0.2, 0) is 28.0 Å². The standard InChI is InChI=1S/C45H43BF2N8O7/c1-23-17-30(18-24(2)38(23)47)56-40(54-14-13-53(44(54)59)35-8-6-32-31(39(35)48)22-62-46(32)60)37-26(4)52(12-9-33(37)50-56)41(57)36-20-29-19-28(27-10-15-61-16-11-27)5-7-34(29)55(36)45(21-25(45)3)42-49-43(58)63-51-42/h5-8,13-14,17-20,25-27,60H,9-12,15-16,21-22H2,1-4H3,(H,49,51,58)/t25-,26-,45-/m0/s1. The van der Waals surface area contributed by atoms with E-state index in [1.807, 2.05) is 23.6 Å². The minimum atomic E-state index is -1.26. The highest BCUT2D eigenvalue weighted by Crippen LogP contribution is 2.56. The molecule has 2 N–H and O–H groups in total. The number of fused-ring (bicyclic) bond motifs is 3. The Bertz CT molecular complexity index is 3130. The Morgan fingerprint density at radius 1 is 0.984 bits per heavy atom. The Morgan fingerprint density at radius 2 is 1.73 bits per heavy atom. The van der Waals surface area contributed by atoms with Crippen LogP contribution in [0.4, 0.5) is 8.78 Å². The van der Waals surface area contributed by atoms with Crippen molar-refractivity contribution in [3.05, 3.63) is 139 Å². The Hall–Kier alpha value is -6.37. The summed E-state index contributed by atoms with van der Waals surface area (Å²) in [6, 6.07) is 13.8. The molecule has 2 fully saturated rings. The van der Waals surface area contributed by atoms with Crippen molar-refractivity contribution in [1.82, 2.24) is 38.5 Å². The van der Waals surface area contributed by atoms with E-state index in [0.29, 0.717) is 82.8 Å². The molecule has 322 valence electrons. The van der Waals surface area contributed by atoms with Crippen molar-refractivity contribution in [2.75, 3.05) is 19.8 Å². The van der Waals surface area contributed by atoms with E-state index in [1.54, 1.807) is 35.6 Å². The van der Waals surface area contributed by atoms with Crippen molar-refractivity contribution in [2.24, 2.45) is 5.92 Å². The van der Waals surface area contributed by atoms with E-state index in [-0.39, 0.29) is 42.0 Å². The molecule has 4 aromatic heterocycles. The summed E-state index contributed by atoms with van der Waals surface area (Å²) in [5.74, 6) is -1.04. The molecule has 3 aromatic carbocycles. The van der Waals surface area contributed by atoms with Gasteiger partial charge in [-0.1, -0.05) is 24.2 Å². The normalized spacial score (nSPS) is 21.1. The number of aromatic nitrogens is 7. The number of rotatable bonds is 7. The van der Waals surface area contributed by atoms with E-state index in [9.17, 15) is 14.6 Å². The Kier molecular flexibility index (Phi) is 8.98. The molecule has 1 saturated carbocycles. The molecule has 3 atom stereocenters. The van der Waals surface area contributed by atoms with Gasteiger partial charge in [0.05, 0.1) is 29.7 Å². The van der Waals surface area contributed by atoms with Gasteiger partial charge in [0.2, 0.25) is 0 Å². The summed E-state index contributed by atoms with van der Waals surface area (Å²) in [7, 11) is -1.26. The van der Waals surface area contributed by atoms with Gasteiger partial charge in [0.25, 0.3) is 5.91 Å². The monoisotopic (exact) mass is 856 g/mol. The summed E-state index contributed by atoms with van der Waals surface area (Å²) < 4.78 is 53.2. The molecule has 11 rings (SSSR count). The molecule has 0 unspecified atom stereocenters. The lowest BCUT2D eigenvalue weighted by molar-refractivity contribution is 0.0663. The zero-order valence-electron chi connectivity index (χ0n) is 35.0. The molecule has 0 bridgehead atoms. The summed E-state index contributed by atoms with van der Waals surface area (Å²) in [5.41, 5.74) is 3.85. The van der Waals surface area contributed by atoms with Crippen LogP contribution in [0, 0.1) is 31.4 Å². The van der Waals surface area contributed by atoms with Crippen molar-refractivity contribution in [1.29, 1.82) is 0 Å². The average molecular weight is 857 g/mol. The number of imidazole rings is 1. The fraction of sp³-hybridized carbons (Fsp3) is 0.356. The number of nitrogens with zero attached hydrogens (tertiary/aromatic N) is 7. The zero-order valence-corrected chi connectivity index (χ0v) is 35.0. The van der Waals surface area contributed by atoms with E-state index >= 15 is 13.6 Å². The smallest absolute Gasteiger partial charge is 0.423 e. The first-order valence-electron chi connectivity index (χ1n) is 21.3. The molecular formula is C45H43BF2N8O7. The number of nitrogens with one attached hydrogen (secondary N) is 1. The summed E-state index contributed by atoms with van der Waals surface area (Å²) in [4.78, 5) is 47.0. The first-order valence-corrected chi connectivity index (χ1v) is 21.3. The fourth-order valence-corrected chi connectivity index (χ4v) is 10.4. The molecule has 4 aliphatic rings. The molecule has 1 amide bonds. The Morgan fingerprint density at radius 3 is 2.44 bits per heavy atom. The van der Waals surface area contributed by atoms with Gasteiger partial charge in [0, 0.05) is 60.6 Å². The summed E-state index contributed by atoms with van der Waals surface area (Å²) >= 11 is 0. The Balaban J connectivity index is 1.06. The topological polar surface area (TPSA) is 168 Å². The summed E-state index contributed by atoms with van der Waals surface area (Å²) in [5, 5.41) is 20.2. The van der Waals surface area contributed by atoms with Gasteiger partial charge in [-0.05, 0) is 110 Å². The highest BCUT2D eigenvalue weighted by molar-refractivity contribution is 6.61.